The monoisotopic (exact) mass is 333 g/mol. The highest BCUT2D eigenvalue weighted by Gasteiger charge is 2.25. The second kappa shape index (κ2) is 7.11. The fourth-order valence-corrected chi connectivity index (χ4v) is 3.18. The quantitative estimate of drug-likeness (QED) is 0.768. The Bertz CT molecular complexity index is 617. The molecule has 0 fully saturated rings. The summed E-state index contributed by atoms with van der Waals surface area (Å²) in [6, 6.07) is 4.20. The van der Waals surface area contributed by atoms with E-state index in [1.54, 1.807) is 0 Å². The topological polar surface area (TPSA) is 92.5 Å². The van der Waals surface area contributed by atoms with E-state index in [2.05, 4.69) is 5.32 Å². The number of nitrogen functional groups attached to an aromatic ring is 1. The molecule has 0 aliphatic carbocycles. The van der Waals surface area contributed by atoms with Gasteiger partial charge in [-0.1, -0.05) is 25.4 Å². The predicted octanol–water partition coefficient (Wildman–Crippen LogP) is 1.31. The molecule has 0 bridgehead atoms. The molecule has 0 spiro atoms. The molecule has 118 valence electrons. The van der Waals surface area contributed by atoms with Gasteiger partial charge in [0.15, 0.2) is 0 Å². The Morgan fingerprint density at radius 1 is 1.43 bits per heavy atom. The Kier molecular flexibility index (Phi) is 6.00. The van der Waals surface area contributed by atoms with Crippen molar-refractivity contribution in [3.8, 4) is 0 Å². The van der Waals surface area contributed by atoms with Gasteiger partial charge in [-0.3, -0.25) is 4.79 Å². The molecule has 0 heterocycles. The third-order valence-electron chi connectivity index (χ3n) is 2.72. The number of rotatable bonds is 6. The molecule has 6 nitrogen and oxygen atoms in total. The highest BCUT2D eigenvalue weighted by molar-refractivity contribution is 7.89. The van der Waals surface area contributed by atoms with E-state index in [-0.39, 0.29) is 28.1 Å². The van der Waals surface area contributed by atoms with Gasteiger partial charge in [-0.2, -0.15) is 4.31 Å². The number of nitrogens with one attached hydrogen (secondary N) is 1. The maximum atomic E-state index is 12.4. The van der Waals surface area contributed by atoms with Gasteiger partial charge in [-0.25, -0.2) is 8.42 Å². The zero-order chi connectivity index (χ0) is 16.2. The highest BCUT2D eigenvalue weighted by atomic mass is 35.5. The number of anilines is 1. The molecule has 1 aromatic carbocycles. The van der Waals surface area contributed by atoms with E-state index in [1.807, 2.05) is 13.8 Å². The highest BCUT2D eigenvalue weighted by Crippen LogP contribution is 2.25. The van der Waals surface area contributed by atoms with Crippen molar-refractivity contribution < 1.29 is 13.2 Å². The van der Waals surface area contributed by atoms with Crippen LogP contribution in [-0.2, 0) is 14.8 Å². The first-order chi connectivity index (χ1) is 9.64. The van der Waals surface area contributed by atoms with Gasteiger partial charge < -0.3 is 11.1 Å². The number of hydrogen-bond donors (Lipinski definition) is 2. The summed E-state index contributed by atoms with van der Waals surface area (Å²) < 4.78 is 25.7. The van der Waals surface area contributed by atoms with Gasteiger partial charge in [-0.15, -0.1) is 0 Å². The fraction of sp³-hybridized carbons (Fsp3) is 0.462. The number of carbonyl (C=O) groups excluding carboxylic acids is 1. The van der Waals surface area contributed by atoms with Gasteiger partial charge in [0, 0.05) is 19.3 Å². The van der Waals surface area contributed by atoms with Crippen molar-refractivity contribution in [2.24, 2.45) is 5.92 Å². The fourth-order valence-electron chi connectivity index (χ4n) is 1.55. The minimum absolute atomic E-state index is 0.0682. The largest absolute Gasteiger partial charge is 0.399 e. The molecule has 8 heteroatoms. The first kappa shape index (κ1) is 17.7. The summed E-state index contributed by atoms with van der Waals surface area (Å²) in [5.41, 5.74) is 5.87. The number of carbonyl (C=O) groups is 1. The minimum atomic E-state index is -3.87. The molecule has 0 saturated heterocycles. The summed E-state index contributed by atoms with van der Waals surface area (Å²) >= 11 is 5.90. The van der Waals surface area contributed by atoms with Crippen molar-refractivity contribution in [3.05, 3.63) is 23.2 Å². The maximum Gasteiger partial charge on any atom is 0.244 e. The zero-order valence-corrected chi connectivity index (χ0v) is 13.8. The van der Waals surface area contributed by atoms with Crippen LogP contribution in [0.25, 0.3) is 0 Å². The molecule has 0 unspecified atom stereocenters. The minimum Gasteiger partial charge on any atom is -0.399 e. The standard InChI is InChI=1S/C13H20ClN3O3S/c1-9(2)7-16-13(18)8-17(3)21(19,20)12-6-10(15)4-5-11(12)14/h4-6,9H,7-8,15H2,1-3H3,(H,16,18). The molecule has 0 saturated carbocycles. The summed E-state index contributed by atoms with van der Waals surface area (Å²) in [7, 11) is -2.54. The summed E-state index contributed by atoms with van der Waals surface area (Å²) in [5.74, 6) is -0.0750. The van der Waals surface area contributed by atoms with Crippen LogP contribution >= 0.6 is 11.6 Å². The van der Waals surface area contributed by atoms with E-state index < -0.39 is 10.0 Å². The van der Waals surface area contributed by atoms with Crippen LogP contribution in [0.15, 0.2) is 23.1 Å². The number of amides is 1. The molecule has 21 heavy (non-hydrogen) atoms. The third kappa shape index (κ3) is 4.87. The predicted molar refractivity (Wildman–Crippen MR) is 83.5 cm³/mol. The van der Waals surface area contributed by atoms with Crippen molar-refractivity contribution in [2.75, 3.05) is 25.9 Å². The van der Waals surface area contributed by atoms with Gasteiger partial charge in [-0.05, 0) is 24.1 Å². The average Bonchev–Trinajstić information content (AvgIpc) is 2.39. The second-order valence-corrected chi connectivity index (χ2v) is 7.57. The molecule has 1 rings (SSSR count). The Hall–Kier alpha value is -1.31. The first-order valence-corrected chi connectivity index (χ1v) is 8.24. The number of sulfonamides is 1. The van der Waals surface area contributed by atoms with E-state index in [0.29, 0.717) is 12.5 Å². The Morgan fingerprint density at radius 2 is 2.05 bits per heavy atom. The molecule has 0 aromatic heterocycles. The molecular formula is C13H20ClN3O3S. The van der Waals surface area contributed by atoms with Gasteiger partial charge in [0.2, 0.25) is 15.9 Å². The van der Waals surface area contributed by atoms with E-state index in [9.17, 15) is 13.2 Å². The van der Waals surface area contributed by atoms with Crippen molar-refractivity contribution in [1.82, 2.24) is 9.62 Å². The molecule has 0 aliphatic heterocycles. The lowest BCUT2D eigenvalue weighted by Crippen LogP contribution is -2.39. The lowest BCUT2D eigenvalue weighted by atomic mass is 10.2. The van der Waals surface area contributed by atoms with Gasteiger partial charge in [0.25, 0.3) is 0 Å². The first-order valence-electron chi connectivity index (χ1n) is 6.42. The van der Waals surface area contributed by atoms with Crippen LogP contribution in [0.4, 0.5) is 5.69 Å². The molecule has 0 aliphatic rings. The lowest BCUT2D eigenvalue weighted by Gasteiger charge is -2.18. The van der Waals surface area contributed by atoms with E-state index in [1.165, 1.54) is 25.2 Å². The lowest BCUT2D eigenvalue weighted by molar-refractivity contribution is -0.121. The molecule has 3 N–H and O–H groups in total. The molecule has 0 atom stereocenters. The smallest absolute Gasteiger partial charge is 0.244 e. The Morgan fingerprint density at radius 3 is 2.62 bits per heavy atom. The number of likely N-dealkylation sites (N-methyl/N-ethyl adjacent to an activating group) is 1. The van der Waals surface area contributed by atoms with Crippen LogP contribution in [0, 0.1) is 5.92 Å². The van der Waals surface area contributed by atoms with Crippen molar-refractivity contribution in [2.45, 2.75) is 18.7 Å². The van der Waals surface area contributed by atoms with Crippen molar-refractivity contribution in [3.63, 3.8) is 0 Å². The number of nitrogens with two attached hydrogens (primary N) is 1. The van der Waals surface area contributed by atoms with Crippen LogP contribution in [0.3, 0.4) is 0 Å². The number of halogens is 1. The van der Waals surface area contributed by atoms with Crippen LogP contribution in [-0.4, -0.2) is 38.8 Å². The van der Waals surface area contributed by atoms with Gasteiger partial charge in [0.05, 0.1) is 11.6 Å². The van der Waals surface area contributed by atoms with Gasteiger partial charge >= 0.3 is 0 Å². The van der Waals surface area contributed by atoms with Gasteiger partial charge in [0.1, 0.15) is 4.90 Å². The van der Waals surface area contributed by atoms with Crippen LogP contribution in [0.5, 0.6) is 0 Å². The number of nitrogens with zero attached hydrogens (tertiary/aromatic N) is 1. The summed E-state index contributed by atoms with van der Waals surface area (Å²) in [6.07, 6.45) is 0. The van der Waals surface area contributed by atoms with E-state index in [4.69, 9.17) is 17.3 Å². The summed E-state index contributed by atoms with van der Waals surface area (Å²) in [6.45, 7) is 4.12. The Balaban J connectivity index is 2.87. The third-order valence-corrected chi connectivity index (χ3v) is 5.00. The molecule has 1 amide bonds. The van der Waals surface area contributed by atoms with Crippen molar-refractivity contribution in [1.29, 1.82) is 0 Å². The van der Waals surface area contributed by atoms with Crippen LogP contribution in [0.1, 0.15) is 13.8 Å². The maximum absolute atomic E-state index is 12.4. The second-order valence-electron chi connectivity index (χ2n) is 5.15. The normalized spacial score (nSPS) is 11.9. The number of hydrogen-bond acceptors (Lipinski definition) is 4. The van der Waals surface area contributed by atoms with Crippen LogP contribution < -0.4 is 11.1 Å². The van der Waals surface area contributed by atoms with E-state index in [0.717, 1.165) is 4.31 Å². The molecule has 0 radical (unpaired) electrons. The molecule has 1 aromatic rings. The zero-order valence-electron chi connectivity index (χ0n) is 12.3. The number of benzene rings is 1. The summed E-state index contributed by atoms with van der Waals surface area (Å²) in [4.78, 5) is 11.6. The van der Waals surface area contributed by atoms with E-state index >= 15 is 0 Å². The SMILES string of the molecule is CC(C)CNC(=O)CN(C)S(=O)(=O)c1cc(N)ccc1Cl. The average molecular weight is 334 g/mol. The summed E-state index contributed by atoms with van der Waals surface area (Å²) in [5, 5.41) is 2.73. The Labute approximate surface area is 130 Å². The van der Waals surface area contributed by atoms with Crippen LogP contribution in [0.2, 0.25) is 5.02 Å². The van der Waals surface area contributed by atoms with Crippen molar-refractivity contribution >= 4 is 33.2 Å². The molecular weight excluding hydrogens is 314 g/mol.